The van der Waals surface area contributed by atoms with Crippen LogP contribution < -0.4 is 16.2 Å². The van der Waals surface area contributed by atoms with Crippen molar-refractivity contribution >= 4 is 38.9 Å². The lowest BCUT2D eigenvalue weighted by Gasteiger charge is -2.06. The average Bonchev–Trinajstić information content (AvgIpc) is 2.30. The van der Waals surface area contributed by atoms with Gasteiger partial charge in [0.15, 0.2) is 0 Å². The average molecular weight is 323 g/mol. The Morgan fingerprint density at radius 2 is 2.05 bits per heavy atom. The SMILES string of the molecule is Nc1c(Cl)cc(C(=O)NCCS(N)(=O)=O)cc1[N+](=O)[O-]. The van der Waals surface area contributed by atoms with E-state index in [0.717, 1.165) is 12.1 Å². The minimum atomic E-state index is -3.71. The van der Waals surface area contributed by atoms with Gasteiger partial charge in [0, 0.05) is 18.2 Å². The first kappa shape index (κ1) is 16.1. The summed E-state index contributed by atoms with van der Waals surface area (Å²) >= 11 is 5.69. The molecule has 9 nitrogen and oxygen atoms in total. The van der Waals surface area contributed by atoms with E-state index in [1.54, 1.807) is 0 Å². The first-order valence-electron chi connectivity index (χ1n) is 5.14. The van der Waals surface area contributed by atoms with Crippen molar-refractivity contribution in [1.82, 2.24) is 5.32 Å². The quantitative estimate of drug-likeness (QED) is 0.388. The largest absolute Gasteiger partial charge is 0.392 e. The van der Waals surface area contributed by atoms with E-state index in [-0.39, 0.29) is 22.8 Å². The van der Waals surface area contributed by atoms with Gasteiger partial charge in [0.2, 0.25) is 10.0 Å². The molecule has 1 rings (SSSR count). The van der Waals surface area contributed by atoms with Gasteiger partial charge in [-0.25, -0.2) is 13.6 Å². The molecule has 0 aliphatic carbocycles. The van der Waals surface area contributed by atoms with Gasteiger partial charge in [0.05, 0.1) is 15.7 Å². The predicted molar refractivity (Wildman–Crippen MR) is 72.8 cm³/mol. The molecular formula is C9H11ClN4O5S. The van der Waals surface area contributed by atoms with Crippen molar-refractivity contribution in [2.24, 2.45) is 5.14 Å². The molecule has 0 fully saturated rings. The number of amides is 1. The Balaban J connectivity index is 2.91. The van der Waals surface area contributed by atoms with Gasteiger partial charge < -0.3 is 11.1 Å². The maximum Gasteiger partial charge on any atom is 0.294 e. The highest BCUT2D eigenvalue weighted by molar-refractivity contribution is 7.89. The molecule has 0 aromatic heterocycles. The minimum Gasteiger partial charge on any atom is -0.392 e. The molecule has 0 aliphatic rings. The number of primary sulfonamides is 1. The van der Waals surface area contributed by atoms with Crippen LogP contribution in [0.25, 0.3) is 0 Å². The molecule has 0 saturated heterocycles. The molecular weight excluding hydrogens is 312 g/mol. The molecule has 11 heteroatoms. The summed E-state index contributed by atoms with van der Waals surface area (Å²) in [5.74, 6) is -1.18. The van der Waals surface area contributed by atoms with E-state index in [9.17, 15) is 23.3 Å². The number of halogens is 1. The summed E-state index contributed by atoms with van der Waals surface area (Å²) in [7, 11) is -3.71. The van der Waals surface area contributed by atoms with Crippen molar-refractivity contribution in [1.29, 1.82) is 0 Å². The second kappa shape index (κ2) is 6.03. The number of nitrogens with zero attached hydrogens (tertiary/aromatic N) is 1. The van der Waals surface area contributed by atoms with Crippen LogP contribution >= 0.6 is 11.6 Å². The van der Waals surface area contributed by atoms with Gasteiger partial charge in [-0.15, -0.1) is 0 Å². The molecule has 1 aromatic rings. The molecule has 110 valence electrons. The zero-order valence-electron chi connectivity index (χ0n) is 10.00. The molecule has 0 radical (unpaired) electrons. The number of anilines is 1. The summed E-state index contributed by atoms with van der Waals surface area (Å²) in [5, 5.41) is 17.6. The summed E-state index contributed by atoms with van der Waals surface area (Å²) in [4.78, 5) is 21.7. The molecule has 1 aromatic carbocycles. The molecule has 0 aliphatic heterocycles. The number of nitrogens with one attached hydrogen (secondary N) is 1. The van der Waals surface area contributed by atoms with Crippen molar-refractivity contribution in [2.75, 3.05) is 18.0 Å². The minimum absolute atomic E-state index is 0.106. The summed E-state index contributed by atoms with van der Waals surface area (Å²) in [6, 6.07) is 2.10. The van der Waals surface area contributed by atoms with E-state index < -0.39 is 32.3 Å². The lowest BCUT2D eigenvalue weighted by Crippen LogP contribution is -2.31. The van der Waals surface area contributed by atoms with Gasteiger partial charge in [-0.1, -0.05) is 11.6 Å². The predicted octanol–water partition coefficient (Wildman–Crippen LogP) is -0.151. The van der Waals surface area contributed by atoms with Crippen molar-refractivity contribution in [2.45, 2.75) is 0 Å². The number of hydrogen-bond acceptors (Lipinski definition) is 6. The molecule has 0 saturated carbocycles. The highest BCUT2D eigenvalue weighted by Gasteiger charge is 2.19. The van der Waals surface area contributed by atoms with E-state index in [1.165, 1.54) is 0 Å². The number of benzene rings is 1. The van der Waals surface area contributed by atoms with Crippen LogP contribution in [-0.2, 0) is 10.0 Å². The summed E-state index contributed by atoms with van der Waals surface area (Å²) < 4.78 is 21.4. The highest BCUT2D eigenvalue weighted by atomic mass is 35.5. The van der Waals surface area contributed by atoms with Gasteiger partial charge in [0.25, 0.3) is 11.6 Å². The Morgan fingerprint density at radius 3 is 2.55 bits per heavy atom. The highest BCUT2D eigenvalue weighted by Crippen LogP contribution is 2.30. The van der Waals surface area contributed by atoms with E-state index in [4.69, 9.17) is 22.5 Å². The van der Waals surface area contributed by atoms with Crippen LogP contribution in [0.4, 0.5) is 11.4 Å². The summed E-state index contributed by atoms with van der Waals surface area (Å²) in [6.07, 6.45) is 0. The zero-order chi connectivity index (χ0) is 15.5. The maximum atomic E-state index is 11.7. The third kappa shape index (κ3) is 4.33. The number of sulfonamides is 1. The van der Waals surface area contributed by atoms with Crippen LogP contribution in [0.15, 0.2) is 12.1 Å². The maximum absolute atomic E-state index is 11.7. The van der Waals surface area contributed by atoms with Crippen LogP contribution in [0.1, 0.15) is 10.4 Å². The van der Waals surface area contributed by atoms with Gasteiger partial charge in [-0.3, -0.25) is 14.9 Å². The van der Waals surface area contributed by atoms with Crippen LogP contribution in [-0.4, -0.2) is 31.5 Å². The normalized spacial score (nSPS) is 11.1. The molecule has 0 unspecified atom stereocenters. The lowest BCUT2D eigenvalue weighted by atomic mass is 10.1. The number of nitrogen functional groups attached to an aromatic ring is 1. The summed E-state index contributed by atoms with van der Waals surface area (Å²) in [5.41, 5.74) is 4.54. The standard InChI is InChI=1S/C9H11ClN4O5S/c10-6-3-5(4-7(8(6)11)14(16)17)9(15)13-1-2-20(12,18)19/h3-4H,1-2,11H2,(H,13,15)(H2,12,18,19). The Kier molecular flexibility index (Phi) is 4.87. The molecule has 0 atom stereocenters. The molecule has 0 bridgehead atoms. The van der Waals surface area contributed by atoms with Crippen molar-refractivity contribution in [3.63, 3.8) is 0 Å². The number of carbonyl (C=O) groups is 1. The molecule has 20 heavy (non-hydrogen) atoms. The van der Waals surface area contributed by atoms with Gasteiger partial charge in [-0.05, 0) is 6.07 Å². The number of nitrogens with two attached hydrogens (primary N) is 2. The molecule has 0 spiro atoms. The molecule has 5 N–H and O–H groups in total. The first-order chi connectivity index (χ1) is 9.11. The fourth-order valence-electron chi connectivity index (χ4n) is 1.29. The van der Waals surface area contributed by atoms with Gasteiger partial charge in [-0.2, -0.15) is 0 Å². The smallest absolute Gasteiger partial charge is 0.294 e. The Bertz CT molecular complexity index is 661. The second-order valence-electron chi connectivity index (χ2n) is 3.77. The van der Waals surface area contributed by atoms with Crippen LogP contribution in [0.3, 0.4) is 0 Å². The Morgan fingerprint density at radius 1 is 1.45 bits per heavy atom. The van der Waals surface area contributed by atoms with E-state index in [1.807, 2.05) is 0 Å². The van der Waals surface area contributed by atoms with Crippen LogP contribution in [0.2, 0.25) is 5.02 Å². The first-order valence-corrected chi connectivity index (χ1v) is 7.23. The topological polar surface area (TPSA) is 158 Å². The van der Waals surface area contributed by atoms with Crippen LogP contribution in [0.5, 0.6) is 0 Å². The van der Waals surface area contributed by atoms with E-state index in [2.05, 4.69) is 5.32 Å². The zero-order valence-corrected chi connectivity index (χ0v) is 11.6. The molecule has 1 amide bonds. The number of nitro benzene ring substituents is 1. The third-order valence-corrected chi connectivity index (χ3v) is 3.32. The van der Waals surface area contributed by atoms with E-state index >= 15 is 0 Å². The van der Waals surface area contributed by atoms with Crippen molar-refractivity contribution in [3.05, 3.63) is 32.8 Å². The fraction of sp³-hybridized carbons (Fsp3) is 0.222. The number of nitro groups is 1. The lowest BCUT2D eigenvalue weighted by molar-refractivity contribution is -0.383. The monoisotopic (exact) mass is 322 g/mol. The van der Waals surface area contributed by atoms with Gasteiger partial charge in [0.1, 0.15) is 5.69 Å². The Labute approximate surface area is 119 Å². The van der Waals surface area contributed by atoms with Gasteiger partial charge >= 0.3 is 0 Å². The third-order valence-electron chi connectivity index (χ3n) is 2.24. The number of hydrogen-bond donors (Lipinski definition) is 3. The summed E-state index contributed by atoms with van der Waals surface area (Å²) in [6.45, 7) is -0.229. The van der Waals surface area contributed by atoms with E-state index in [0.29, 0.717) is 0 Å². The van der Waals surface area contributed by atoms with Crippen molar-refractivity contribution < 1.29 is 18.1 Å². The van der Waals surface area contributed by atoms with Crippen LogP contribution in [0, 0.1) is 10.1 Å². The number of rotatable bonds is 5. The fourth-order valence-corrected chi connectivity index (χ4v) is 1.90. The molecule has 0 heterocycles. The Hall–Kier alpha value is -1.91. The second-order valence-corrected chi connectivity index (χ2v) is 5.91. The van der Waals surface area contributed by atoms with Crippen molar-refractivity contribution in [3.8, 4) is 0 Å². The number of carbonyl (C=O) groups excluding carboxylic acids is 1.